The summed E-state index contributed by atoms with van der Waals surface area (Å²) in [6.07, 6.45) is 13.7. The molecule has 4 fully saturated rings. The number of carbonyl (C=O) groups is 2. The number of nitrogens with one attached hydrogen (secondary N) is 1. The zero-order chi connectivity index (χ0) is 28.5. The van der Waals surface area contributed by atoms with Gasteiger partial charge in [0.2, 0.25) is 0 Å². The number of rotatable bonds is 8. The first kappa shape index (κ1) is 28.2. The number of anilines is 1. The average molecular weight is 564 g/mol. The highest BCUT2D eigenvalue weighted by atomic mass is 16.4. The molecule has 0 radical (unpaired) electrons. The van der Waals surface area contributed by atoms with Crippen molar-refractivity contribution in [3.8, 4) is 0 Å². The van der Waals surface area contributed by atoms with E-state index < -0.39 is 23.8 Å². The standard InChI is InChI=1S/C31H43N5O5/c37-29-28(32-14-15-34-18-24(30(38)39)25(19-34)31(40)41)33-26-10-6-7-11-27(26)36(29)23-16-21-12-13-22(17-23)35(21)20-8-4-2-1-3-5-9-20/h6-7,10-11,20-25H,1-5,8-9,12-19H2,(H,32,33)(H,38,39)(H,40,41)/p-2/t21-,22+,23?,24-,25-/m1/s1. The summed E-state index contributed by atoms with van der Waals surface area (Å²) in [7, 11) is 0. The summed E-state index contributed by atoms with van der Waals surface area (Å²) in [6.45, 7) is 0.887. The summed E-state index contributed by atoms with van der Waals surface area (Å²) in [6, 6.07) is 9.63. The van der Waals surface area contributed by atoms with Crippen LogP contribution >= 0.6 is 0 Å². The fourth-order valence-electron chi connectivity index (χ4n) is 8.23. The molecule has 4 aliphatic rings. The van der Waals surface area contributed by atoms with Gasteiger partial charge < -0.3 is 34.6 Å². The normalized spacial score (nSPS) is 29.8. The van der Waals surface area contributed by atoms with E-state index in [1.54, 1.807) is 4.90 Å². The van der Waals surface area contributed by atoms with Gasteiger partial charge >= 0.3 is 0 Å². The van der Waals surface area contributed by atoms with E-state index >= 15 is 0 Å². The molecule has 0 amide bonds. The Hall–Kier alpha value is -2.98. The number of nitrogens with zero attached hydrogens (tertiary/aromatic N) is 4. The first-order chi connectivity index (χ1) is 19.9. The Kier molecular flexibility index (Phi) is 8.30. The molecule has 41 heavy (non-hydrogen) atoms. The molecule has 1 saturated carbocycles. The van der Waals surface area contributed by atoms with Gasteiger partial charge in [0.1, 0.15) is 0 Å². The molecule has 4 heterocycles. The maximum absolute atomic E-state index is 13.9. The predicted molar refractivity (Wildman–Crippen MR) is 151 cm³/mol. The van der Waals surface area contributed by atoms with Gasteiger partial charge in [0.25, 0.3) is 5.56 Å². The summed E-state index contributed by atoms with van der Waals surface area (Å²) in [5, 5.41) is 26.0. The molecule has 5 atom stereocenters. The third kappa shape index (κ3) is 5.73. The van der Waals surface area contributed by atoms with E-state index in [2.05, 4.69) is 15.2 Å². The highest BCUT2D eigenvalue weighted by Gasteiger charge is 2.44. The van der Waals surface area contributed by atoms with Gasteiger partial charge in [-0.2, -0.15) is 0 Å². The van der Waals surface area contributed by atoms with Gasteiger partial charge in [-0.3, -0.25) is 9.69 Å². The molecular weight excluding hydrogens is 522 g/mol. The summed E-state index contributed by atoms with van der Waals surface area (Å²) in [5.74, 6) is -4.66. The number of para-hydroxylation sites is 2. The predicted octanol–water partition coefficient (Wildman–Crippen LogP) is 1.14. The van der Waals surface area contributed by atoms with E-state index in [1.165, 1.54) is 57.8 Å². The molecule has 222 valence electrons. The molecular formula is C31H41N5O5-2. The van der Waals surface area contributed by atoms with Gasteiger partial charge in [-0.05, 0) is 50.7 Å². The van der Waals surface area contributed by atoms with E-state index in [0.29, 0.717) is 31.2 Å². The number of aliphatic carboxylic acids is 2. The van der Waals surface area contributed by atoms with Crippen molar-refractivity contribution in [3.63, 3.8) is 0 Å². The summed E-state index contributed by atoms with van der Waals surface area (Å²) < 4.78 is 1.97. The van der Waals surface area contributed by atoms with Crippen molar-refractivity contribution in [2.45, 2.75) is 94.8 Å². The van der Waals surface area contributed by atoms with Crippen LogP contribution in [0.1, 0.15) is 76.7 Å². The van der Waals surface area contributed by atoms with Crippen LogP contribution in [-0.4, -0.2) is 75.6 Å². The number of aromatic nitrogens is 2. The number of carbonyl (C=O) groups excluding carboxylic acids is 2. The number of hydrogen-bond donors (Lipinski definition) is 1. The van der Waals surface area contributed by atoms with Gasteiger partial charge in [-0.25, -0.2) is 4.98 Å². The largest absolute Gasteiger partial charge is 0.550 e. The second-order valence-corrected chi connectivity index (χ2v) is 12.6. The van der Waals surface area contributed by atoms with Crippen LogP contribution in [0.15, 0.2) is 29.1 Å². The smallest absolute Gasteiger partial charge is 0.294 e. The van der Waals surface area contributed by atoms with Gasteiger partial charge in [0.15, 0.2) is 5.82 Å². The molecule has 2 bridgehead atoms. The monoisotopic (exact) mass is 563 g/mol. The molecule has 10 heteroatoms. The molecule has 10 nitrogen and oxygen atoms in total. The lowest BCUT2D eigenvalue weighted by Crippen LogP contribution is -2.50. The third-order valence-electron chi connectivity index (χ3n) is 10.1. The Balaban J connectivity index is 1.18. The highest BCUT2D eigenvalue weighted by Crippen LogP contribution is 2.44. The van der Waals surface area contributed by atoms with Crippen LogP contribution in [0.5, 0.6) is 0 Å². The van der Waals surface area contributed by atoms with E-state index in [-0.39, 0.29) is 30.5 Å². The number of carboxylic acids is 2. The van der Waals surface area contributed by atoms with E-state index in [1.807, 2.05) is 28.8 Å². The topological polar surface area (TPSA) is 134 Å². The highest BCUT2D eigenvalue weighted by molar-refractivity contribution is 5.79. The summed E-state index contributed by atoms with van der Waals surface area (Å²) in [5.41, 5.74) is 1.49. The molecule has 3 aliphatic heterocycles. The molecule has 0 spiro atoms. The number of benzene rings is 1. The Morgan fingerprint density at radius 1 is 0.829 bits per heavy atom. The SMILES string of the molecule is O=C([O-])[C@@H]1CN(CCNc2nc3ccccc3n(C3C[C@H]4CC[C@@H](C3)N4C3CCCCCCC3)c2=O)C[C@H]1C(=O)[O-]. The molecule has 2 aromatic rings. The van der Waals surface area contributed by atoms with Gasteiger partial charge in [0.05, 0.1) is 11.0 Å². The molecule has 1 aromatic carbocycles. The first-order valence-electron chi connectivity index (χ1n) is 15.6. The summed E-state index contributed by atoms with van der Waals surface area (Å²) in [4.78, 5) is 46.0. The first-order valence-corrected chi connectivity index (χ1v) is 15.6. The van der Waals surface area contributed by atoms with Gasteiger partial charge in [-0.15, -0.1) is 0 Å². The summed E-state index contributed by atoms with van der Waals surface area (Å²) >= 11 is 0. The van der Waals surface area contributed by atoms with Crippen LogP contribution in [0.2, 0.25) is 0 Å². The van der Waals surface area contributed by atoms with Crippen molar-refractivity contribution in [3.05, 3.63) is 34.6 Å². The Morgan fingerprint density at radius 3 is 2.07 bits per heavy atom. The van der Waals surface area contributed by atoms with Crippen molar-refractivity contribution in [2.24, 2.45) is 11.8 Å². The Bertz CT molecular complexity index is 1290. The van der Waals surface area contributed by atoms with E-state index in [4.69, 9.17) is 0 Å². The van der Waals surface area contributed by atoms with E-state index in [9.17, 15) is 24.6 Å². The molecule has 6 rings (SSSR count). The van der Waals surface area contributed by atoms with Crippen molar-refractivity contribution in [1.29, 1.82) is 0 Å². The molecule has 1 aromatic heterocycles. The third-order valence-corrected chi connectivity index (χ3v) is 10.1. The van der Waals surface area contributed by atoms with Crippen molar-refractivity contribution in [1.82, 2.24) is 19.4 Å². The van der Waals surface area contributed by atoms with Crippen LogP contribution in [-0.2, 0) is 9.59 Å². The van der Waals surface area contributed by atoms with Gasteiger partial charge in [-0.1, -0.05) is 44.2 Å². The maximum Gasteiger partial charge on any atom is 0.294 e. The van der Waals surface area contributed by atoms with Crippen LogP contribution in [0.4, 0.5) is 5.82 Å². The Labute approximate surface area is 240 Å². The number of fused-ring (bicyclic) bond motifs is 3. The number of likely N-dealkylation sites (tertiary alicyclic amines) is 1. The Morgan fingerprint density at radius 2 is 1.44 bits per heavy atom. The minimum absolute atomic E-state index is 0.0837. The molecule has 1 aliphatic carbocycles. The quantitative estimate of drug-likeness (QED) is 0.502. The molecule has 3 saturated heterocycles. The second kappa shape index (κ2) is 12.1. The average Bonchev–Trinajstić information content (AvgIpc) is 3.47. The van der Waals surface area contributed by atoms with Crippen molar-refractivity contribution in [2.75, 3.05) is 31.5 Å². The fraction of sp³-hybridized carbons (Fsp3) is 0.677. The lowest BCUT2D eigenvalue weighted by Gasteiger charge is -2.45. The zero-order valence-corrected chi connectivity index (χ0v) is 23.7. The fourth-order valence-corrected chi connectivity index (χ4v) is 8.23. The van der Waals surface area contributed by atoms with Crippen LogP contribution in [0.3, 0.4) is 0 Å². The second-order valence-electron chi connectivity index (χ2n) is 12.6. The van der Waals surface area contributed by atoms with Crippen LogP contribution in [0.25, 0.3) is 11.0 Å². The van der Waals surface area contributed by atoms with Gasteiger partial charge in [0, 0.05) is 74.1 Å². The van der Waals surface area contributed by atoms with Crippen molar-refractivity contribution < 1.29 is 19.8 Å². The van der Waals surface area contributed by atoms with Crippen LogP contribution in [0, 0.1) is 11.8 Å². The minimum Gasteiger partial charge on any atom is -0.550 e. The number of hydrogen-bond acceptors (Lipinski definition) is 9. The maximum atomic E-state index is 13.9. The molecule has 1 unspecified atom stereocenters. The zero-order valence-electron chi connectivity index (χ0n) is 23.7. The number of carboxylic acid groups (broad SMARTS) is 2. The minimum atomic E-state index is -1.37. The van der Waals surface area contributed by atoms with E-state index in [0.717, 1.165) is 23.9 Å². The van der Waals surface area contributed by atoms with Crippen molar-refractivity contribution >= 4 is 28.8 Å². The lowest BCUT2D eigenvalue weighted by atomic mass is 9.89. The number of piperidine rings is 1. The lowest BCUT2D eigenvalue weighted by molar-refractivity contribution is -0.324. The molecule has 1 N–H and O–H groups in total. The van der Waals surface area contributed by atoms with Crippen LogP contribution < -0.4 is 21.1 Å².